The zero-order valence-electron chi connectivity index (χ0n) is 15.3. The van der Waals surface area contributed by atoms with Gasteiger partial charge in [-0.1, -0.05) is 18.2 Å². The van der Waals surface area contributed by atoms with Crippen LogP contribution >= 0.6 is 0 Å². The number of rotatable bonds is 2. The van der Waals surface area contributed by atoms with E-state index < -0.39 is 30.1 Å². The summed E-state index contributed by atoms with van der Waals surface area (Å²) in [6, 6.07) is 2.91. The number of ketones is 1. The van der Waals surface area contributed by atoms with E-state index in [-0.39, 0.29) is 24.2 Å². The number of aromatic hydroxyl groups is 1. The van der Waals surface area contributed by atoms with E-state index in [1.54, 1.807) is 19.9 Å². The third-order valence-corrected chi connectivity index (χ3v) is 4.03. The number of aliphatic hydroxyl groups is 2. The van der Waals surface area contributed by atoms with E-state index in [1.165, 1.54) is 24.3 Å². The highest BCUT2D eigenvalue weighted by Crippen LogP contribution is 2.30. The molecule has 1 aliphatic heterocycles. The first-order chi connectivity index (χ1) is 12.8. The lowest BCUT2D eigenvalue weighted by Crippen LogP contribution is -2.32. The minimum atomic E-state index is -1.55. The molecule has 27 heavy (non-hydrogen) atoms. The summed E-state index contributed by atoms with van der Waals surface area (Å²) in [4.78, 5) is 24.4. The Labute approximate surface area is 157 Å². The van der Waals surface area contributed by atoms with Crippen molar-refractivity contribution in [3.8, 4) is 11.5 Å². The molecule has 0 spiro atoms. The molecule has 1 aliphatic rings. The fraction of sp³-hybridized carbons (Fsp3) is 0.400. The molecule has 1 aromatic rings. The average Bonchev–Trinajstić information content (AvgIpc) is 2.59. The van der Waals surface area contributed by atoms with Crippen molar-refractivity contribution in [2.45, 2.75) is 45.0 Å². The number of cyclic esters (lactones) is 1. The Morgan fingerprint density at radius 3 is 2.56 bits per heavy atom. The molecular formula is C20H24O7. The monoisotopic (exact) mass is 376 g/mol. The number of hydrogen-bond donors (Lipinski definition) is 3. The Balaban J connectivity index is 2.45. The lowest BCUT2D eigenvalue weighted by molar-refractivity contribution is -0.127. The molecule has 0 amide bonds. The largest absolute Gasteiger partial charge is 0.507 e. The molecule has 0 saturated heterocycles. The molecule has 2 rings (SSSR count). The molecule has 146 valence electrons. The van der Waals surface area contributed by atoms with Crippen molar-refractivity contribution in [1.29, 1.82) is 0 Å². The number of benzene rings is 1. The van der Waals surface area contributed by atoms with Crippen molar-refractivity contribution in [2.24, 2.45) is 0 Å². The number of ether oxygens (including phenoxy) is 2. The van der Waals surface area contributed by atoms with Gasteiger partial charge >= 0.3 is 5.97 Å². The lowest BCUT2D eigenvalue weighted by atomic mass is 10.0. The summed E-state index contributed by atoms with van der Waals surface area (Å²) in [6.07, 6.45) is 2.45. The fourth-order valence-corrected chi connectivity index (χ4v) is 2.64. The Bertz CT molecular complexity index is 751. The van der Waals surface area contributed by atoms with Gasteiger partial charge in [0.2, 0.25) is 0 Å². The molecule has 0 fully saturated rings. The highest BCUT2D eigenvalue weighted by molar-refractivity contribution is 5.97. The Hall–Kier alpha value is -2.64. The summed E-state index contributed by atoms with van der Waals surface area (Å²) in [5, 5.41) is 30.2. The average molecular weight is 376 g/mol. The number of fused-ring (bicyclic) bond motifs is 1. The molecule has 3 N–H and O–H groups in total. The van der Waals surface area contributed by atoms with E-state index in [1.807, 2.05) is 0 Å². The SMILES string of the molecule is CCOc1cc(O)c2c(c1)/C=C/CC(O)C(O)C(=O)/C=C\CC(C)OC2=O. The maximum Gasteiger partial charge on any atom is 0.342 e. The minimum absolute atomic E-state index is 0.0197. The van der Waals surface area contributed by atoms with Crippen LogP contribution in [-0.2, 0) is 9.53 Å². The van der Waals surface area contributed by atoms with Crippen molar-refractivity contribution in [1.82, 2.24) is 0 Å². The number of carbonyl (C=O) groups excluding carboxylic acids is 2. The van der Waals surface area contributed by atoms with Crippen LogP contribution in [0, 0.1) is 0 Å². The molecular weight excluding hydrogens is 352 g/mol. The van der Waals surface area contributed by atoms with Crippen LogP contribution in [0.15, 0.2) is 30.4 Å². The Morgan fingerprint density at radius 2 is 1.85 bits per heavy atom. The van der Waals surface area contributed by atoms with E-state index in [0.717, 1.165) is 6.08 Å². The molecule has 0 aliphatic carbocycles. The van der Waals surface area contributed by atoms with Gasteiger partial charge < -0.3 is 24.8 Å². The quantitative estimate of drug-likeness (QED) is 0.677. The van der Waals surface area contributed by atoms with Gasteiger partial charge in [0.05, 0.1) is 12.7 Å². The molecule has 0 bridgehead atoms. The smallest absolute Gasteiger partial charge is 0.342 e. The van der Waals surface area contributed by atoms with Crippen molar-refractivity contribution in [2.75, 3.05) is 6.61 Å². The summed E-state index contributed by atoms with van der Waals surface area (Å²) in [6.45, 7) is 3.81. The van der Waals surface area contributed by atoms with Crippen LogP contribution in [0.25, 0.3) is 6.08 Å². The second-order valence-corrected chi connectivity index (χ2v) is 6.25. The second-order valence-electron chi connectivity index (χ2n) is 6.25. The van der Waals surface area contributed by atoms with Gasteiger partial charge in [-0.3, -0.25) is 4.79 Å². The topological polar surface area (TPSA) is 113 Å². The normalized spacial score (nSPS) is 26.4. The number of phenolic OH excluding ortho intramolecular Hbond substituents is 1. The molecule has 7 heteroatoms. The van der Waals surface area contributed by atoms with Crippen molar-refractivity contribution in [3.05, 3.63) is 41.5 Å². The van der Waals surface area contributed by atoms with Crippen molar-refractivity contribution in [3.63, 3.8) is 0 Å². The molecule has 7 nitrogen and oxygen atoms in total. The first-order valence-corrected chi connectivity index (χ1v) is 8.77. The predicted octanol–water partition coefficient (Wildman–Crippen LogP) is 1.99. The Kier molecular flexibility index (Phi) is 7.15. The molecule has 1 heterocycles. The molecule has 3 atom stereocenters. The zero-order valence-corrected chi connectivity index (χ0v) is 15.3. The van der Waals surface area contributed by atoms with Gasteiger partial charge in [-0.2, -0.15) is 0 Å². The minimum Gasteiger partial charge on any atom is -0.507 e. The molecule has 0 aromatic heterocycles. The predicted molar refractivity (Wildman–Crippen MR) is 98.6 cm³/mol. The van der Waals surface area contributed by atoms with Crippen LogP contribution in [-0.4, -0.2) is 52.0 Å². The van der Waals surface area contributed by atoms with Crippen molar-refractivity contribution >= 4 is 17.8 Å². The summed E-state index contributed by atoms with van der Waals surface area (Å²) in [5.74, 6) is -1.24. The summed E-state index contributed by atoms with van der Waals surface area (Å²) in [5.41, 5.74) is 0.324. The third-order valence-electron chi connectivity index (χ3n) is 4.03. The van der Waals surface area contributed by atoms with Gasteiger partial charge in [0, 0.05) is 12.5 Å². The van der Waals surface area contributed by atoms with Gasteiger partial charge in [0.25, 0.3) is 0 Å². The highest BCUT2D eigenvalue weighted by Gasteiger charge is 2.23. The van der Waals surface area contributed by atoms with Crippen LogP contribution in [0.3, 0.4) is 0 Å². The van der Waals surface area contributed by atoms with Crippen LogP contribution in [0.1, 0.15) is 42.6 Å². The summed E-state index contributed by atoms with van der Waals surface area (Å²) < 4.78 is 10.7. The maximum atomic E-state index is 12.5. The highest BCUT2D eigenvalue weighted by atomic mass is 16.5. The van der Waals surface area contributed by atoms with Crippen molar-refractivity contribution < 1.29 is 34.4 Å². The number of phenols is 1. The van der Waals surface area contributed by atoms with Gasteiger partial charge in [0.15, 0.2) is 5.78 Å². The number of carbonyl (C=O) groups is 2. The Morgan fingerprint density at radius 1 is 1.15 bits per heavy atom. The van der Waals surface area contributed by atoms with E-state index in [9.17, 15) is 24.9 Å². The van der Waals surface area contributed by atoms with Gasteiger partial charge in [-0.25, -0.2) is 4.79 Å². The molecule has 1 aromatic carbocycles. The standard InChI is InChI=1S/C20H24O7/c1-3-26-14-10-13-7-5-9-16(22)19(24)15(21)8-4-6-12(2)27-20(25)18(13)17(23)11-14/h4-5,7-8,10-12,16,19,22-24H,3,6,9H2,1-2H3/b7-5+,8-4-. The fourth-order valence-electron chi connectivity index (χ4n) is 2.64. The van der Waals surface area contributed by atoms with Gasteiger partial charge in [0.1, 0.15) is 29.3 Å². The van der Waals surface area contributed by atoms with Crippen LogP contribution in [0.2, 0.25) is 0 Å². The van der Waals surface area contributed by atoms with Gasteiger partial charge in [-0.05, 0) is 38.0 Å². The lowest BCUT2D eigenvalue weighted by Gasteiger charge is -2.17. The molecule has 0 radical (unpaired) electrons. The van der Waals surface area contributed by atoms with E-state index in [2.05, 4.69) is 0 Å². The maximum absolute atomic E-state index is 12.5. The van der Waals surface area contributed by atoms with E-state index in [4.69, 9.17) is 9.47 Å². The van der Waals surface area contributed by atoms with Crippen LogP contribution in [0.4, 0.5) is 0 Å². The van der Waals surface area contributed by atoms with E-state index >= 15 is 0 Å². The number of hydrogen-bond acceptors (Lipinski definition) is 7. The molecule has 0 saturated carbocycles. The second kappa shape index (κ2) is 9.34. The molecule has 3 unspecified atom stereocenters. The first-order valence-electron chi connectivity index (χ1n) is 8.77. The number of esters is 1. The third kappa shape index (κ3) is 5.42. The number of aliphatic hydroxyl groups excluding tert-OH is 2. The van der Waals surface area contributed by atoms with Crippen LogP contribution in [0.5, 0.6) is 11.5 Å². The first kappa shape index (κ1) is 20.7. The zero-order chi connectivity index (χ0) is 20.0. The van der Waals surface area contributed by atoms with E-state index in [0.29, 0.717) is 17.9 Å². The summed E-state index contributed by atoms with van der Waals surface area (Å²) >= 11 is 0. The summed E-state index contributed by atoms with van der Waals surface area (Å²) in [7, 11) is 0. The van der Waals surface area contributed by atoms with Crippen LogP contribution < -0.4 is 4.74 Å². The van der Waals surface area contributed by atoms with Gasteiger partial charge in [-0.15, -0.1) is 0 Å².